The standard InChI is InChI=1S/C11H20N2O4S/c1-11(2,16)8-7(15)6(14)5-9(17-8)18-10(12-5)13(3)4/h5-9,14-16H,1-4H3/t5-,6-,7+,8+,9-/m1/s1. The van der Waals surface area contributed by atoms with Gasteiger partial charge < -0.3 is 25.0 Å². The van der Waals surface area contributed by atoms with Crippen LogP contribution in [0.3, 0.4) is 0 Å². The number of rotatable bonds is 1. The van der Waals surface area contributed by atoms with Crippen molar-refractivity contribution in [2.45, 2.75) is 49.2 Å². The van der Waals surface area contributed by atoms with Crippen LogP contribution in [-0.2, 0) is 4.74 Å². The van der Waals surface area contributed by atoms with Gasteiger partial charge in [0.15, 0.2) is 5.17 Å². The average Bonchev–Trinajstić information content (AvgIpc) is 2.65. The molecule has 6 nitrogen and oxygen atoms in total. The highest BCUT2D eigenvalue weighted by Gasteiger charge is 2.52. The summed E-state index contributed by atoms with van der Waals surface area (Å²) < 4.78 is 5.70. The van der Waals surface area contributed by atoms with Gasteiger partial charge in [-0.25, -0.2) is 0 Å². The van der Waals surface area contributed by atoms with E-state index in [9.17, 15) is 15.3 Å². The van der Waals surface area contributed by atoms with Crippen LogP contribution in [0.25, 0.3) is 0 Å². The van der Waals surface area contributed by atoms with Gasteiger partial charge in [-0.1, -0.05) is 11.8 Å². The van der Waals surface area contributed by atoms with Crippen LogP contribution in [0.4, 0.5) is 0 Å². The maximum Gasteiger partial charge on any atom is 0.161 e. The molecule has 2 aliphatic rings. The number of aliphatic hydroxyl groups excluding tert-OH is 2. The Kier molecular flexibility index (Phi) is 3.63. The van der Waals surface area contributed by atoms with E-state index in [1.54, 1.807) is 13.8 Å². The van der Waals surface area contributed by atoms with Crippen LogP contribution in [0.5, 0.6) is 0 Å². The lowest BCUT2D eigenvalue weighted by atomic mass is 9.89. The Bertz CT molecular complexity index is 355. The molecule has 5 atom stereocenters. The predicted molar refractivity (Wildman–Crippen MR) is 69.5 cm³/mol. The molecule has 0 aliphatic carbocycles. The molecular formula is C11H20N2O4S. The van der Waals surface area contributed by atoms with Crippen molar-refractivity contribution in [3.05, 3.63) is 0 Å². The summed E-state index contributed by atoms with van der Waals surface area (Å²) in [6, 6.07) is -0.485. The molecule has 2 aliphatic heterocycles. The first kappa shape index (κ1) is 14.1. The Morgan fingerprint density at radius 3 is 2.39 bits per heavy atom. The minimum absolute atomic E-state index is 0.364. The van der Waals surface area contributed by atoms with E-state index in [2.05, 4.69) is 4.99 Å². The molecule has 7 heteroatoms. The number of hydrogen-bond acceptors (Lipinski definition) is 7. The molecule has 0 amide bonds. The second-order valence-electron chi connectivity index (χ2n) is 5.47. The second kappa shape index (κ2) is 4.64. The monoisotopic (exact) mass is 276 g/mol. The molecule has 0 aromatic rings. The molecule has 1 fully saturated rings. The number of fused-ring (bicyclic) bond motifs is 1. The van der Waals surface area contributed by atoms with Gasteiger partial charge in [0.05, 0.1) is 5.60 Å². The van der Waals surface area contributed by atoms with Gasteiger partial charge in [-0.15, -0.1) is 0 Å². The van der Waals surface area contributed by atoms with Gasteiger partial charge in [-0.2, -0.15) is 0 Å². The van der Waals surface area contributed by atoms with Crippen molar-refractivity contribution < 1.29 is 20.1 Å². The molecule has 0 unspecified atom stereocenters. The first-order chi connectivity index (χ1) is 8.21. The molecule has 2 rings (SSSR count). The van der Waals surface area contributed by atoms with Gasteiger partial charge in [-0.05, 0) is 13.8 Å². The van der Waals surface area contributed by atoms with Crippen molar-refractivity contribution in [2.24, 2.45) is 4.99 Å². The van der Waals surface area contributed by atoms with Crippen molar-refractivity contribution in [1.82, 2.24) is 4.90 Å². The summed E-state index contributed by atoms with van der Waals surface area (Å²) >= 11 is 1.40. The smallest absolute Gasteiger partial charge is 0.161 e. The zero-order valence-electron chi connectivity index (χ0n) is 10.9. The lowest BCUT2D eigenvalue weighted by Gasteiger charge is -2.43. The molecule has 0 aromatic carbocycles. The van der Waals surface area contributed by atoms with Crippen LogP contribution < -0.4 is 0 Å². The van der Waals surface area contributed by atoms with Crippen molar-refractivity contribution >= 4 is 16.9 Å². The average molecular weight is 276 g/mol. The Morgan fingerprint density at radius 2 is 1.89 bits per heavy atom. The number of amidine groups is 1. The summed E-state index contributed by atoms with van der Waals surface area (Å²) in [5.41, 5.74) is -1.58. The summed E-state index contributed by atoms with van der Waals surface area (Å²) in [6.07, 6.45) is -2.99. The Morgan fingerprint density at radius 1 is 1.28 bits per heavy atom. The summed E-state index contributed by atoms with van der Waals surface area (Å²) in [5.74, 6) is 0. The van der Waals surface area contributed by atoms with Crippen LogP contribution in [0, 0.1) is 0 Å². The fourth-order valence-corrected chi connectivity index (χ4v) is 3.29. The highest BCUT2D eigenvalue weighted by Crippen LogP contribution is 2.39. The first-order valence-electron chi connectivity index (χ1n) is 5.87. The third kappa shape index (κ3) is 2.37. The van der Waals surface area contributed by atoms with E-state index in [1.807, 2.05) is 19.0 Å². The third-order valence-electron chi connectivity index (χ3n) is 3.13. The highest BCUT2D eigenvalue weighted by atomic mass is 32.2. The molecule has 18 heavy (non-hydrogen) atoms. The van der Waals surface area contributed by atoms with Crippen LogP contribution in [0.15, 0.2) is 4.99 Å². The number of aliphatic imine (C=N–C) groups is 1. The van der Waals surface area contributed by atoms with Gasteiger partial charge in [0.2, 0.25) is 0 Å². The van der Waals surface area contributed by atoms with E-state index in [0.717, 1.165) is 5.17 Å². The highest BCUT2D eigenvalue weighted by molar-refractivity contribution is 8.14. The zero-order chi connectivity index (χ0) is 13.7. The van der Waals surface area contributed by atoms with Crippen molar-refractivity contribution in [2.75, 3.05) is 14.1 Å². The number of ether oxygens (including phenoxy) is 1. The Labute approximate surface area is 111 Å². The van der Waals surface area contributed by atoms with E-state index < -0.39 is 30.0 Å². The topological polar surface area (TPSA) is 85.5 Å². The fraction of sp³-hybridized carbons (Fsp3) is 0.909. The molecule has 0 radical (unpaired) electrons. The number of aliphatic hydroxyl groups is 3. The minimum atomic E-state index is -1.22. The van der Waals surface area contributed by atoms with Gasteiger partial charge in [0.25, 0.3) is 0 Å². The number of thioether (sulfide) groups is 1. The lowest BCUT2D eigenvalue weighted by Crippen LogP contribution is -2.61. The summed E-state index contributed by atoms with van der Waals surface area (Å²) in [7, 11) is 3.72. The minimum Gasteiger partial charge on any atom is -0.388 e. The van der Waals surface area contributed by atoms with Crippen LogP contribution in [-0.4, -0.2) is 74.9 Å². The van der Waals surface area contributed by atoms with Crippen molar-refractivity contribution in [3.63, 3.8) is 0 Å². The lowest BCUT2D eigenvalue weighted by molar-refractivity contribution is -0.208. The van der Waals surface area contributed by atoms with Gasteiger partial charge in [0.1, 0.15) is 29.8 Å². The second-order valence-corrected chi connectivity index (χ2v) is 6.54. The summed E-state index contributed by atoms with van der Waals surface area (Å²) in [4.78, 5) is 6.18. The van der Waals surface area contributed by atoms with Gasteiger partial charge in [0, 0.05) is 14.1 Å². The quantitative estimate of drug-likeness (QED) is 0.583. The molecule has 1 saturated heterocycles. The third-order valence-corrected chi connectivity index (χ3v) is 4.43. The van der Waals surface area contributed by atoms with Crippen molar-refractivity contribution in [3.8, 4) is 0 Å². The number of hydrogen-bond donors (Lipinski definition) is 3. The van der Waals surface area contributed by atoms with E-state index >= 15 is 0 Å². The summed E-state index contributed by atoms with van der Waals surface area (Å²) in [5, 5.41) is 30.8. The van der Waals surface area contributed by atoms with Crippen LogP contribution in [0.2, 0.25) is 0 Å². The molecule has 2 heterocycles. The largest absolute Gasteiger partial charge is 0.388 e. The molecule has 0 bridgehead atoms. The first-order valence-corrected chi connectivity index (χ1v) is 6.75. The molecule has 0 spiro atoms. The molecule has 3 N–H and O–H groups in total. The van der Waals surface area contributed by atoms with Crippen LogP contribution >= 0.6 is 11.8 Å². The van der Waals surface area contributed by atoms with E-state index in [4.69, 9.17) is 4.74 Å². The maximum atomic E-state index is 10.1. The van der Waals surface area contributed by atoms with Gasteiger partial charge >= 0.3 is 0 Å². The Hall–Kier alpha value is -0.340. The SMILES string of the molecule is CN(C)C1=N[C@@H]2[C@@H](O)[C@H](O)[C@@H](C(C)(C)O)O[C@@H]2S1. The Balaban J connectivity index is 2.19. The van der Waals surface area contributed by atoms with Gasteiger partial charge in [-0.3, -0.25) is 4.99 Å². The maximum absolute atomic E-state index is 10.1. The van der Waals surface area contributed by atoms with Crippen LogP contribution in [0.1, 0.15) is 13.8 Å². The fourth-order valence-electron chi connectivity index (χ4n) is 2.15. The predicted octanol–water partition coefficient (Wildman–Crippen LogP) is -0.763. The summed E-state index contributed by atoms with van der Waals surface area (Å²) in [6.45, 7) is 3.11. The van der Waals surface area contributed by atoms with Crippen molar-refractivity contribution in [1.29, 1.82) is 0 Å². The molecular weight excluding hydrogens is 256 g/mol. The van der Waals surface area contributed by atoms with E-state index in [1.165, 1.54) is 11.8 Å². The molecule has 104 valence electrons. The van der Waals surface area contributed by atoms with E-state index in [0.29, 0.717) is 0 Å². The normalized spacial score (nSPS) is 40.4. The molecule has 0 aromatic heterocycles. The van der Waals surface area contributed by atoms with E-state index in [-0.39, 0.29) is 5.44 Å². The number of nitrogens with zero attached hydrogens (tertiary/aromatic N) is 2. The molecule has 0 saturated carbocycles. The zero-order valence-corrected chi connectivity index (χ0v) is 11.8.